The minimum atomic E-state index is -0.375. The van der Waals surface area contributed by atoms with Gasteiger partial charge in [-0.2, -0.15) is 0 Å². The van der Waals surface area contributed by atoms with Crippen molar-refractivity contribution in [2.45, 2.75) is 27.7 Å². The van der Waals surface area contributed by atoms with Crippen molar-refractivity contribution >= 4 is 39.2 Å². The molecule has 0 bridgehead atoms. The predicted octanol–water partition coefficient (Wildman–Crippen LogP) is 2.28. The fourth-order valence-electron chi connectivity index (χ4n) is 1.82. The van der Waals surface area contributed by atoms with Gasteiger partial charge < -0.3 is 4.74 Å². The molecule has 0 aliphatic heterocycles. The Morgan fingerprint density at radius 1 is 1.36 bits per heavy atom. The average molecular weight is 322 g/mol. The van der Waals surface area contributed by atoms with Gasteiger partial charge in [-0.05, 0) is 19.4 Å². The van der Waals surface area contributed by atoms with E-state index in [1.165, 1.54) is 17.7 Å². The highest BCUT2D eigenvalue weighted by atomic mass is 32.1. The van der Waals surface area contributed by atoms with Gasteiger partial charge in [0.25, 0.3) is 0 Å². The molecule has 2 rings (SSSR count). The summed E-state index contributed by atoms with van der Waals surface area (Å²) in [4.78, 5) is 33.1. The van der Waals surface area contributed by atoms with Crippen LogP contribution in [-0.2, 0) is 9.53 Å². The van der Waals surface area contributed by atoms with E-state index in [0.29, 0.717) is 27.5 Å². The second kappa shape index (κ2) is 6.69. The van der Waals surface area contributed by atoms with Crippen LogP contribution in [0.2, 0.25) is 0 Å². The SMILES string of the molecule is CCOC(=O)c1sc2ncnc(NNC(=O)C(C)C)c2c1C. The molecule has 0 fully saturated rings. The van der Waals surface area contributed by atoms with E-state index in [1.807, 2.05) is 6.92 Å². The van der Waals surface area contributed by atoms with E-state index in [9.17, 15) is 9.59 Å². The molecule has 0 spiro atoms. The van der Waals surface area contributed by atoms with Crippen LogP contribution in [0.3, 0.4) is 0 Å². The van der Waals surface area contributed by atoms with Crippen LogP contribution >= 0.6 is 11.3 Å². The first-order valence-electron chi connectivity index (χ1n) is 6.92. The third-order valence-electron chi connectivity index (χ3n) is 3.02. The standard InChI is InChI=1S/C14H18N4O3S/c1-5-21-14(20)10-8(4)9-11(15-6-16-13(9)22-10)17-18-12(19)7(2)3/h6-7H,5H2,1-4H3,(H,18,19)(H,15,16,17). The minimum absolute atomic E-state index is 0.148. The van der Waals surface area contributed by atoms with Gasteiger partial charge in [-0.25, -0.2) is 14.8 Å². The number of anilines is 1. The summed E-state index contributed by atoms with van der Waals surface area (Å²) in [5, 5.41) is 0.708. The van der Waals surface area contributed by atoms with E-state index in [0.717, 1.165) is 5.56 Å². The van der Waals surface area contributed by atoms with E-state index in [1.54, 1.807) is 20.8 Å². The van der Waals surface area contributed by atoms with Crippen molar-refractivity contribution in [2.24, 2.45) is 5.92 Å². The average Bonchev–Trinajstić information content (AvgIpc) is 2.83. The Morgan fingerprint density at radius 3 is 2.73 bits per heavy atom. The number of nitrogens with one attached hydrogen (secondary N) is 2. The molecule has 0 unspecified atom stereocenters. The molecule has 0 radical (unpaired) electrons. The highest BCUT2D eigenvalue weighted by Gasteiger charge is 2.20. The number of amides is 1. The van der Waals surface area contributed by atoms with Crippen LogP contribution in [0.25, 0.3) is 10.2 Å². The summed E-state index contributed by atoms with van der Waals surface area (Å²) >= 11 is 1.25. The van der Waals surface area contributed by atoms with Crippen LogP contribution in [0.5, 0.6) is 0 Å². The summed E-state index contributed by atoms with van der Waals surface area (Å²) in [5.41, 5.74) is 6.12. The summed E-state index contributed by atoms with van der Waals surface area (Å²) in [7, 11) is 0. The Morgan fingerprint density at radius 2 is 2.09 bits per heavy atom. The summed E-state index contributed by atoms with van der Waals surface area (Å²) in [5.74, 6) is -0.211. The molecule has 118 valence electrons. The number of aromatic nitrogens is 2. The first kappa shape index (κ1) is 16.2. The molecule has 0 saturated heterocycles. The molecular weight excluding hydrogens is 304 g/mol. The van der Waals surface area contributed by atoms with Crippen molar-refractivity contribution in [1.29, 1.82) is 0 Å². The molecule has 0 aromatic carbocycles. The molecule has 0 aliphatic rings. The van der Waals surface area contributed by atoms with Gasteiger partial charge in [0.05, 0.1) is 12.0 Å². The van der Waals surface area contributed by atoms with E-state index in [-0.39, 0.29) is 17.8 Å². The Bertz CT molecular complexity index is 711. The van der Waals surface area contributed by atoms with Gasteiger partial charge in [0.15, 0.2) is 5.82 Å². The molecule has 0 atom stereocenters. The van der Waals surface area contributed by atoms with Crippen molar-refractivity contribution in [2.75, 3.05) is 12.0 Å². The number of rotatable bonds is 5. The van der Waals surface area contributed by atoms with Crippen molar-refractivity contribution in [3.8, 4) is 0 Å². The first-order chi connectivity index (χ1) is 10.5. The van der Waals surface area contributed by atoms with Crippen LogP contribution in [0.15, 0.2) is 6.33 Å². The van der Waals surface area contributed by atoms with E-state index in [4.69, 9.17) is 4.74 Å². The zero-order valence-corrected chi connectivity index (χ0v) is 13.7. The molecule has 22 heavy (non-hydrogen) atoms. The fourth-order valence-corrected chi connectivity index (χ4v) is 2.87. The molecule has 0 saturated carbocycles. The maximum atomic E-state index is 12.0. The van der Waals surface area contributed by atoms with Crippen LogP contribution in [0.1, 0.15) is 36.0 Å². The number of aryl methyl sites for hydroxylation is 1. The number of hydrazine groups is 1. The highest BCUT2D eigenvalue weighted by molar-refractivity contribution is 7.20. The summed E-state index contributed by atoms with van der Waals surface area (Å²) in [6.07, 6.45) is 1.39. The van der Waals surface area contributed by atoms with Crippen LogP contribution in [0, 0.1) is 12.8 Å². The molecule has 2 aromatic heterocycles. The monoisotopic (exact) mass is 322 g/mol. The predicted molar refractivity (Wildman–Crippen MR) is 84.7 cm³/mol. The van der Waals surface area contributed by atoms with Gasteiger partial charge in [-0.3, -0.25) is 15.6 Å². The number of ether oxygens (including phenoxy) is 1. The lowest BCUT2D eigenvalue weighted by Gasteiger charge is -2.10. The van der Waals surface area contributed by atoms with Gasteiger partial charge in [0.1, 0.15) is 16.0 Å². The maximum absolute atomic E-state index is 12.0. The normalized spacial score (nSPS) is 10.8. The summed E-state index contributed by atoms with van der Waals surface area (Å²) in [6, 6.07) is 0. The molecular formula is C14H18N4O3S. The Labute approximate surface area is 132 Å². The lowest BCUT2D eigenvalue weighted by atomic mass is 10.2. The molecule has 2 aromatic rings. The molecule has 7 nitrogen and oxygen atoms in total. The summed E-state index contributed by atoms with van der Waals surface area (Å²) in [6.45, 7) is 7.47. The quantitative estimate of drug-likeness (QED) is 0.648. The number of hydrogen-bond donors (Lipinski definition) is 2. The van der Waals surface area contributed by atoms with Gasteiger partial charge >= 0.3 is 5.97 Å². The molecule has 1 amide bonds. The van der Waals surface area contributed by atoms with Gasteiger partial charge in [-0.1, -0.05) is 13.8 Å². The fraction of sp³-hybridized carbons (Fsp3) is 0.429. The second-order valence-electron chi connectivity index (χ2n) is 4.95. The van der Waals surface area contributed by atoms with E-state index < -0.39 is 0 Å². The lowest BCUT2D eigenvalue weighted by molar-refractivity contribution is -0.123. The van der Waals surface area contributed by atoms with Crippen molar-refractivity contribution in [3.63, 3.8) is 0 Å². The molecule has 2 N–H and O–H groups in total. The third kappa shape index (κ3) is 3.16. The highest BCUT2D eigenvalue weighted by Crippen LogP contribution is 2.33. The van der Waals surface area contributed by atoms with Gasteiger partial charge in [0.2, 0.25) is 5.91 Å². The second-order valence-corrected chi connectivity index (χ2v) is 5.95. The minimum Gasteiger partial charge on any atom is -0.462 e. The zero-order chi connectivity index (χ0) is 16.3. The largest absolute Gasteiger partial charge is 0.462 e. The number of carbonyl (C=O) groups is 2. The zero-order valence-electron chi connectivity index (χ0n) is 12.9. The van der Waals surface area contributed by atoms with E-state index in [2.05, 4.69) is 20.8 Å². The number of thiophene rings is 1. The summed E-state index contributed by atoms with van der Waals surface area (Å²) < 4.78 is 5.04. The topological polar surface area (TPSA) is 93.2 Å². The maximum Gasteiger partial charge on any atom is 0.348 e. The number of esters is 1. The molecule has 0 aliphatic carbocycles. The number of nitrogens with zero attached hydrogens (tertiary/aromatic N) is 2. The number of hydrogen-bond acceptors (Lipinski definition) is 7. The molecule has 2 heterocycles. The van der Waals surface area contributed by atoms with Crippen LogP contribution in [-0.4, -0.2) is 28.5 Å². The number of fused-ring (bicyclic) bond motifs is 1. The number of carbonyl (C=O) groups excluding carboxylic acids is 2. The van der Waals surface area contributed by atoms with Gasteiger partial charge in [-0.15, -0.1) is 11.3 Å². The molecule has 8 heteroatoms. The Hall–Kier alpha value is -2.22. The van der Waals surface area contributed by atoms with Gasteiger partial charge in [0, 0.05) is 5.92 Å². The van der Waals surface area contributed by atoms with E-state index >= 15 is 0 Å². The van der Waals surface area contributed by atoms with Crippen molar-refractivity contribution < 1.29 is 14.3 Å². The van der Waals surface area contributed by atoms with Crippen molar-refractivity contribution in [1.82, 2.24) is 15.4 Å². The lowest BCUT2D eigenvalue weighted by Crippen LogP contribution is -2.33. The van der Waals surface area contributed by atoms with Crippen molar-refractivity contribution in [3.05, 3.63) is 16.8 Å². The first-order valence-corrected chi connectivity index (χ1v) is 7.74. The Kier molecular flexibility index (Phi) is 4.92. The van der Waals surface area contributed by atoms with Crippen LogP contribution in [0.4, 0.5) is 5.82 Å². The Balaban J connectivity index is 2.36. The van der Waals surface area contributed by atoms with Crippen LogP contribution < -0.4 is 10.9 Å². The third-order valence-corrected chi connectivity index (χ3v) is 4.20. The smallest absolute Gasteiger partial charge is 0.348 e.